The highest BCUT2D eigenvalue weighted by atomic mass is 32.2. The molecule has 3 aromatic rings. The number of rotatable bonds is 5. The van der Waals surface area contributed by atoms with E-state index in [9.17, 15) is 0 Å². The monoisotopic (exact) mass is 400 g/mol. The van der Waals surface area contributed by atoms with E-state index in [4.69, 9.17) is 0 Å². The molecule has 0 unspecified atom stereocenters. The molecule has 29 heavy (non-hydrogen) atoms. The summed E-state index contributed by atoms with van der Waals surface area (Å²) in [7, 11) is 0. The van der Waals surface area contributed by atoms with Crippen molar-refractivity contribution in [3.63, 3.8) is 0 Å². The summed E-state index contributed by atoms with van der Waals surface area (Å²) in [6.07, 6.45) is 3.83. The van der Waals surface area contributed by atoms with E-state index in [1.54, 1.807) is 0 Å². The van der Waals surface area contributed by atoms with Gasteiger partial charge >= 0.3 is 0 Å². The normalized spacial score (nSPS) is 17.4. The topological polar surface area (TPSA) is 6.48 Å². The first-order chi connectivity index (χ1) is 14.3. The van der Waals surface area contributed by atoms with Gasteiger partial charge in [0.2, 0.25) is 0 Å². The van der Waals surface area contributed by atoms with Gasteiger partial charge in [0.05, 0.1) is 0 Å². The maximum atomic E-state index is 2.56. The molecule has 1 fully saturated rings. The molecule has 5 rings (SSSR count). The third-order valence-corrected chi connectivity index (χ3v) is 7.16. The standard InChI is InChI=1S/C26H28N2S/c1-2-6-25-20-27(18-15-22(25)5-1)19-21-7-9-23(10-8-21)24-11-13-26(14-12-24)29-28-16-3-4-17-28/h1-2,5-14H,3-4,15-20H2. The summed E-state index contributed by atoms with van der Waals surface area (Å²) in [6, 6.07) is 27.0. The van der Waals surface area contributed by atoms with Crippen molar-refractivity contribution >= 4 is 11.9 Å². The van der Waals surface area contributed by atoms with Gasteiger partial charge in [-0.1, -0.05) is 60.7 Å². The average Bonchev–Trinajstić information content (AvgIpc) is 3.28. The SMILES string of the molecule is c1ccc2c(c1)CCN(Cc1ccc(-c3ccc(SN4CCCC4)cc3)cc1)C2. The van der Waals surface area contributed by atoms with Crippen molar-refractivity contribution in [3.8, 4) is 11.1 Å². The highest BCUT2D eigenvalue weighted by Crippen LogP contribution is 2.29. The van der Waals surface area contributed by atoms with Gasteiger partial charge in [0, 0.05) is 37.6 Å². The molecule has 0 amide bonds. The number of nitrogens with zero attached hydrogens (tertiary/aromatic N) is 2. The molecule has 0 aliphatic carbocycles. The van der Waals surface area contributed by atoms with Crippen molar-refractivity contribution in [3.05, 3.63) is 89.5 Å². The van der Waals surface area contributed by atoms with Gasteiger partial charge in [0.1, 0.15) is 0 Å². The molecule has 2 heterocycles. The minimum absolute atomic E-state index is 1.03. The van der Waals surface area contributed by atoms with Crippen LogP contribution in [0.2, 0.25) is 0 Å². The molecule has 0 bridgehead atoms. The third kappa shape index (κ3) is 4.58. The van der Waals surface area contributed by atoms with Crippen molar-refractivity contribution in [2.45, 2.75) is 37.2 Å². The second kappa shape index (κ2) is 8.74. The van der Waals surface area contributed by atoms with E-state index >= 15 is 0 Å². The van der Waals surface area contributed by atoms with E-state index in [0.717, 1.165) is 26.1 Å². The Labute approximate surface area is 178 Å². The van der Waals surface area contributed by atoms with Crippen molar-refractivity contribution < 1.29 is 0 Å². The summed E-state index contributed by atoms with van der Waals surface area (Å²) in [5.74, 6) is 0. The van der Waals surface area contributed by atoms with Gasteiger partial charge in [-0.05, 0) is 71.2 Å². The predicted molar refractivity (Wildman–Crippen MR) is 123 cm³/mol. The Morgan fingerprint density at radius 2 is 1.34 bits per heavy atom. The van der Waals surface area contributed by atoms with E-state index in [1.165, 1.54) is 58.6 Å². The van der Waals surface area contributed by atoms with Gasteiger partial charge in [-0.2, -0.15) is 0 Å². The van der Waals surface area contributed by atoms with Crippen LogP contribution in [0.25, 0.3) is 11.1 Å². The van der Waals surface area contributed by atoms with Crippen LogP contribution < -0.4 is 0 Å². The van der Waals surface area contributed by atoms with Gasteiger partial charge in [0.15, 0.2) is 0 Å². The molecule has 2 aliphatic heterocycles. The molecule has 148 valence electrons. The zero-order valence-electron chi connectivity index (χ0n) is 16.9. The first kappa shape index (κ1) is 18.9. The van der Waals surface area contributed by atoms with Crippen LogP contribution in [0.3, 0.4) is 0 Å². The van der Waals surface area contributed by atoms with Crippen LogP contribution in [-0.2, 0) is 19.5 Å². The summed E-state index contributed by atoms with van der Waals surface area (Å²) in [5.41, 5.74) is 7.01. The molecule has 0 spiro atoms. The highest BCUT2D eigenvalue weighted by molar-refractivity contribution is 7.97. The number of hydrogen-bond donors (Lipinski definition) is 0. The molecule has 1 saturated heterocycles. The fraction of sp³-hybridized carbons (Fsp3) is 0.308. The first-order valence-electron chi connectivity index (χ1n) is 10.7. The molecular weight excluding hydrogens is 372 g/mol. The quantitative estimate of drug-likeness (QED) is 0.484. The predicted octanol–water partition coefficient (Wildman–Crippen LogP) is 6.01. The average molecular weight is 401 g/mol. The maximum absolute atomic E-state index is 2.56. The first-order valence-corrected chi connectivity index (χ1v) is 11.5. The third-order valence-electron chi connectivity index (χ3n) is 6.06. The summed E-state index contributed by atoms with van der Waals surface area (Å²) in [4.78, 5) is 3.90. The van der Waals surface area contributed by atoms with Crippen molar-refractivity contribution in [2.24, 2.45) is 0 Å². The molecular formula is C26H28N2S. The molecule has 0 atom stereocenters. The Balaban J connectivity index is 1.21. The Morgan fingerprint density at radius 3 is 2.07 bits per heavy atom. The van der Waals surface area contributed by atoms with E-state index in [2.05, 4.69) is 82.0 Å². The van der Waals surface area contributed by atoms with Crippen LogP contribution in [0, 0.1) is 0 Å². The number of fused-ring (bicyclic) bond motifs is 1. The van der Waals surface area contributed by atoms with Crippen molar-refractivity contribution in [2.75, 3.05) is 19.6 Å². The molecule has 3 aromatic carbocycles. The van der Waals surface area contributed by atoms with Gasteiger partial charge in [0.25, 0.3) is 0 Å². The Kier molecular flexibility index (Phi) is 5.71. The van der Waals surface area contributed by atoms with Gasteiger partial charge in [-0.25, -0.2) is 4.31 Å². The van der Waals surface area contributed by atoms with E-state index in [-0.39, 0.29) is 0 Å². The lowest BCUT2D eigenvalue weighted by atomic mass is 9.99. The van der Waals surface area contributed by atoms with Crippen LogP contribution in [0.15, 0.2) is 77.7 Å². The minimum Gasteiger partial charge on any atom is -0.294 e. The molecule has 0 radical (unpaired) electrons. The minimum atomic E-state index is 1.03. The molecule has 0 aromatic heterocycles. The largest absolute Gasteiger partial charge is 0.294 e. The fourth-order valence-electron chi connectivity index (χ4n) is 4.39. The maximum Gasteiger partial charge on any atom is 0.0240 e. The van der Waals surface area contributed by atoms with Crippen molar-refractivity contribution in [1.82, 2.24) is 9.21 Å². The lowest BCUT2D eigenvalue weighted by Gasteiger charge is -2.28. The van der Waals surface area contributed by atoms with Crippen LogP contribution in [0.1, 0.15) is 29.5 Å². The second-order valence-electron chi connectivity index (χ2n) is 8.18. The Hall–Kier alpha value is -2.07. The summed E-state index contributed by atoms with van der Waals surface area (Å²) < 4.78 is 2.47. The second-order valence-corrected chi connectivity index (χ2v) is 9.35. The van der Waals surface area contributed by atoms with Gasteiger partial charge in [-0.15, -0.1) is 0 Å². The zero-order valence-corrected chi connectivity index (χ0v) is 17.7. The molecule has 2 aliphatic rings. The Morgan fingerprint density at radius 1 is 0.690 bits per heavy atom. The van der Waals surface area contributed by atoms with Gasteiger partial charge in [-0.3, -0.25) is 4.90 Å². The van der Waals surface area contributed by atoms with E-state index in [1.807, 2.05) is 11.9 Å². The van der Waals surface area contributed by atoms with Crippen LogP contribution >= 0.6 is 11.9 Å². The fourth-order valence-corrected chi connectivity index (χ4v) is 5.38. The summed E-state index contributed by atoms with van der Waals surface area (Å²) >= 11 is 1.90. The lowest BCUT2D eigenvalue weighted by Crippen LogP contribution is -2.29. The Bertz CT molecular complexity index is 943. The molecule has 3 heteroatoms. The summed E-state index contributed by atoms with van der Waals surface area (Å²) in [6.45, 7) is 5.68. The van der Waals surface area contributed by atoms with E-state index in [0.29, 0.717) is 0 Å². The molecule has 2 nitrogen and oxygen atoms in total. The molecule has 0 N–H and O–H groups in total. The lowest BCUT2D eigenvalue weighted by molar-refractivity contribution is 0.245. The molecule has 0 saturated carbocycles. The smallest absolute Gasteiger partial charge is 0.0240 e. The van der Waals surface area contributed by atoms with Gasteiger partial charge < -0.3 is 0 Å². The van der Waals surface area contributed by atoms with Crippen LogP contribution in [-0.4, -0.2) is 28.8 Å². The summed E-state index contributed by atoms with van der Waals surface area (Å²) in [5, 5.41) is 0. The van der Waals surface area contributed by atoms with E-state index < -0.39 is 0 Å². The number of hydrogen-bond acceptors (Lipinski definition) is 3. The van der Waals surface area contributed by atoms with Crippen LogP contribution in [0.5, 0.6) is 0 Å². The number of benzene rings is 3. The zero-order chi connectivity index (χ0) is 19.5. The van der Waals surface area contributed by atoms with Crippen LogP contribution in [0.4, 0.5) is 0 Å². The van der Waals surface area contributed by atoms with Crippen molar-refractivity contribution in [1.29, 1.82) is 0 Å². The highest BCUT2D eigenvalue weighted by Gasteiger charge is 2.16.